The summed E-state index contributed by atoms with van der Waals surface area (Å²) in [5, 5.41) is 9.34. The normalized spacial score (nSPS) is 12.3. The summed E-state index contributed by atoms with van der Waals surface area (Å²) >= 11 is 0. The lowest BCUT2D eigenvalue weighted by Gasteiger charge is -2.18. The Morgan fingerprint density at radius 2 is 2.09 bits per heavy atom. The van der Waals surface area contributed by atoms with Gasteiger partial charge in [-0.15, -0.1) is 0 Å². The van der Waals surface area contributed by atoms with E-state index in [2.05, 4.69) is 32.6 Å². The predicted molar refractivity (Wildman–Crippen MR) is 124 cm³/mol. The lowest BCUT2D eigenvalue weighted by atomic mass is 10.1. The number of rotatable bonds is 8. The molecule has 0 bridgehead atoms. The van der Waals surface area contributed by atoms with E-state index < -0.39 is 0 Å². The summed E-state index contributed by atoms with van der Waals surface area (Å²) in [7, 11) is 1.87. The van der Waals surface area contributed by atoms with Gasteiger partial charge in [0, 0.05) is 55.6 Å². The van der Waals surface area contributed by atoms with Crippen LogP contribution in [0.2, 0.25) is 0 Å². The third kappa shape index (κ3) is 4.04. The molecule has 1 aliphatic heterocycles. The fourth-order valence-corrected chi connectivity index (χ4v) is 3.81. The first kappa shape index (κ1) is 21.1. The summed E-state index contributed by atoms with van der Waals surface area (Å²) in [6.07, 6.45) is 4.73. The van der Waals surface area contributed by atoms with E-state index in [0.29, 0.717) is 37.4 Å². The number of hydrazine groups is 1. The smallest absolute Gasteiger partial charge is 0.299 e. The van der Waals surface area contributed by atoms with Crippen LogP contribution in [0.4, 0.5) is 11.5 Å². The summed E-state index contributed by atoms with van der Waals surface area (Å²) in [4.78, 5) is 32.9. The number of amides is 1. The molecule has 1 aliphatic rings. The molecule has 3 N–H and O–H groups in total. The number of aromatic nitrogens is 3. The van der Waals surface area contributed by atoms with E-state index in [1.807, 2.05) is 49.3 Å². The van der Waals surface area contributed by atoms with E-state index in [4.69, 9.17) is 0 Å². The second kappa shape index (κ2) is 8.93. The molecule has 32 heavy (non-hydrogen) atoms. The van der Waals surface area contributed by atoms with E-state index in [9.17, 15) is 9.59 Å². The molecule has 0 saturated carbocycles. The number of fused-ring (bicyclic) bond motifs is 1. The van der Waals surface area contributed by atoms with Crippen molar-refractivity contribution in [3.05, 3.63) is 80.5 Å². The molecule has 9 heteroatoms. The molecule has 0 saturated heterocycles. The van der Waals surface area contributed by atoms with Gasteiger partial charge >= 0.3 is 0 Å². The van der Waals surface area contributed by atoms with Gasteiger partial charge in [0.2, 0.25) is 6.41 Å². The van der Waals surface area contributed by atoms with Crippen molar-refractivity contribution in [1.82, 2.24) is 25.3 Å². The Bertz CT molecular complexity index is 1320. The molecule has 1 aromatic carbocycles. The summed E-state index contributed by atoms with van der Waals surface area (Å²) in [6, 6.07) is 9.59. The third-order valence-electron chi connectivity index (χ3n) is 5.27. The van der Waals surface area contributed by atoms with Gasteiger partial charge in [-0.05, 0) is 42.0 Å². The van der Waals surface area contributed by atoms with Crippen LogP contribution in [0.3, 0.4) is 0 Å². The van der Waals surface area contributed by atoms with Crippen LogP contribution >= 0.6 is 0 Å². The standard InChI is InChI=1S/C23H25N7O2/c1-15-10-17(13-24-14-31)20-19(11-15)29(3)28-22(20)30-16(2)12-27-21(23(30)32)26-9-7-18-6-4-5-8-25-18/h4-6,8,10-12,14,28H,1,7,9,13H2,2-3H3,(H,24,31)(H,26,27). The first-order valence-corrected chi connectivity index (χ1v) is 10.3. The molecule has 0 atom stereocenters. The highest BCUT2D eigenvalue weighted by atomic mass is 16.1. The quantitative estimate of drug-likeness (QED) is 0.425. The summed E-state index contributed by atoms with van der Waals surface area (Å²) in [5.74, 6) is 0.876. The Labute approximate surface area is 185 Å². The Morgan fingerprint density at radius 3 is 2.84 bits per heavy atom. The van der Waals surface area contributed by atoms with E-state index in [-0.39, 0.29) is 11.4 Å². The van der Waals surface area contributed by atoms with Crippen molar-refractivity contribution in [3.63, 3.8) is 0 Å². The maximum absolute atomic E-state index is 13.4. The Morgan fingerprint density at radius 1 is 1.25 bits per heavy atom. The fourth-order valence-electron chi connectivity index (χ4n) is 3.81. The number of aryl methyl sites for hydroxylation is 1. The van der Waals surface area contributed by atoms with Crippen LogP contribution in [-0.2, 0) is 17.8 Å². The SMILES string of the molecule is C=c1cc(CNC=O)c2c(c1)N(C)NC=2n1c(C)cnc(NCCc2ccccn2)c1=O. The second-order valence-corrected chi connectivity index (χ2v) is 7.55. The second-order valence-electron chi connectivity index (χ2n) is 7.55. The van der Waals surface area contributed by atoms with Crippen molar-refractivity contribution in [2.24, 2.45) is 0 Å². The maximum Gasteiger partial charge on any atom is 0.299 e. The number of hydrogen-bond acceptors (Lipinski definition) is 7. The number of nitrogens with zero attached hydrogens (tertiary/aromatic N) is 4. The van der Waals surface area contributed by atoms with Crippen LogP contribution in [0.1, 0.15) is 17.0 Å². The van der Waals surface area contributed by atoms with Crippen molar-refractivity contribution in [3.8, 4) is 0 Å². The van der Waals surface area contributed by atoms with Gasteiger partial charge in [0.15, 0.2) is 5.82 Å². The summed E-state index contributed by atoms with van der Waals surface area (Å²) in [6.45, 7) is 6.72. The first-order valence-electron chi connectivity index (χ1n) is 10.3. The lowest BCUT2D eigenvalue weighted by Crippen LogP contribution is -2.36. The highest BCUT2D eigenvalue weighted by molar-refractivity contribution is 5.67. The highest BCUT2D eigenvalue weighted by Crippen LogP contribution is 2.15. The van der Waals surface area contributed by atoms with Crippen LogP contribution in [-0.4, -0.2) is 34.5 Å². The molecular formula is C23H25N7O2. The molecule has 164 valence electrons. The number of hydrogen-bond donors (Lipinski definition) is 3. The average molecular weight is 432 g/mol. The van der Waals surface area contributed by atoms with E-state index in [1.54, 1.807) is 17.0 Å². The Balaban J connectivity index is 1.76. The van der Waals surface area contributed by atoms with Gasteiger partial charge in [0.05, 0.1) is 5.69 Å². The summed E-state index contributed by atoms with van der Waals surface area (Å²) < 4.78 is 1.60. The first-order chi connectivity index (χ1) is 15.5. The van der Waals surface area contributed by atoms with Crippen LogP contribution < -0.4 is 37.1 Å². The van der Waals surface area contributed by atoms with Gasteiger partial charge in [0.25, 0.3) is 5.56 Å². The molecule has 3 heterocycles. The van der Waals surface area contributed by atoms with Gasteiger partial charge in [-0.25, -0.2) is 4.98 Å². The summed E-state index contributed by atoms with van der Waals surface area (Å²) in [5.41, 5.74) is 6.37. The average Bonchev–Trinajstić information content (AvgIpc) is 3.10. The van der Waals surface area contributed by atoms with Crippen LogP contribution in [0, 0.1) is 6.92 Å². The molecule has 0 spiro atoms. The molecule has 0 aliphatic carbocycles. The zero-order valence-corrected chi connectivity index (χ0v) is 18.1. The van der Waals surface area contributed by atoms with Crippen molar-refractivity contribution < 1.29 is 4.79 Å². The van der Waals surface area contributed by atoms with Crippen molar-refractivity contribution in [1.29, 1.82) is 0 Å². The van der Waals surface area contributed by atoms with Crippen LogP contribution in [0.25, 0.3) is 12.4 Å². The molecule has 9 nitrogen and oxygen atoms in total. The monoisotopic (exact) mass is 431 g/mol. The largest absolute Gasteiger partial charge is 0.365 e. The van der Waals surface area contributed by atoms with Crippen molar-refractivity contribution in [2.75, 3.05) is 23.9 Å². The van der Waals surface area contributed by atoms with Gasteiger partial charge in [0.1, 0.15) is 5.82 Å². The van der Waals surface area contributed by atoms with Gasteiger partial charge in [-0.1, -0.05) is 12.6 Å². The number of nitrogens with one attached hydrogen (secondary N) is 3. The molecule has 0 unspecified atom stereocenters. The molecule has 2 aromatic heterocycles. The topological polar surface area (TPSA) is 104 Å². The minimum absolute atomic E-state index is 0.261. The predicted octanol–water partition coefficient (Wildman–Crippen LogP) is -0.174. The van der Waals surface area contributed by atoms with Crippen molar-refractivity contribution in [2.45, 2.75) is 19.9 Å². The molecule has 3 aromatic rings. The molecule has 4 rings (SSSR count). The molecule has 0 radical (unpaired) electrons. The van der Waals surface area contributed by atoms with Gasteiger partial charge in [-0.3, -0.25) is 29.6 Å². The van der Waals surface area contributed by atoms with E-state index >= 15 is 0 Å². The third-order valence-corrected chi connectivity index (χ3v) is 5.27. The molecule has 0 fully saturated rings. The zero-order valence-electron chi connectivity index (χ0n) is 18.1. The maximum atomic E-state index is 13.4. The number of benzene rings is 1. The number of pyridine rings is 1. The molecule has 1 amide bonds. The lowest BCUT2D eigenvalue weighted by molar-refractivity contribution is -0.109. The minimum atomic E-state index is -0.261. The Kier molecular flexibility index (Phi) is 5.89. The fraction of sp³-hybridized carbons (Fsp3) is 0.217. The number of anilines is 2. The molecular weight excluding hydrogens is 406 g/mol. The Hall–Kier alpha value is -4.14. The highest BCUT2D eigenvalue weighted by Gasteiger charge is 2.23. The van der Waals surface area contributed by atoms with E-state index in [1.165, 1.54) is 0 Å². The van der Waals surface area contributed by atoms with E-state index in [0.717, 1.165) is 27.4 Å². The van der Waals surface area contributed by atoms with Crippen LogP contribution in [0.5, 0.6) is 0 Å². The van der Waals surface area contributed by atoms with Gasteiger partial charge < -0.3 is 10.6 Å². The number of carbonyl (C=O) groups is 1. The van der Waals surface area contributed by atoms with Crippen LogP contribution in [0.15, 0.2) is 47.5 Å². The van der Waals surface area contributed by atoms with Gasteiger partial charge in [-0.2, -0.15) is 0 Å². The van der Waals surface area contributed by atoms with Crippen molar-refractivity contribution >= 4 is 30.3 Å². The minimum Gasteiger partial charge on any atom is -0.365 e. The number of carbonyl (C=O) groups excluding carboxylic acids is 1. The zero-order chi connectivity index (χ0) is 22.7.